The fourth-order valence-electron chi connectivity index (χ4n) is 3.88. The standard InChI is InChI=1S/C22H28N6O6/c23-18(29)9-17(28-21(33)15-6-3-7-24-15)22(34)27-16(20(32)26-11-19(30)31)8-12-10-25-14-5-2-1-4-13(12)14/h1-2,4-5,10,15-17,24-25H,3,6-9,11H2,(H2,23,29)(H,26,32)(H,27,34)(H,28,33)(H,30,31). The van der Waals surface area contributed by atoms with Gasteiger partial charge >= 0.3 is 5.97 Å². The monoisotopic (exact) mass is 472 g/mol. The number of nitrogens with two attached hydrogens (primary N) is 1. The molecule has 3 atom stereocenters. The number of benzene rings is 1. The minimum absolute atomic E-state index is 0.0443. The van der Waals surface area contributed by atoms with Crippen LogP contribution < -0.4 is 27.0 Å². The second kappa shape index (κ2) is 11.3. The molecule has 1 aromatic carbocycles. The van der Waals surface area contributed by atoms with E-state index in [1.54, 1.807) is 6.20 Å². The van der Waals surface area contributed by atoms with E-state index in [2.05, 4.69) is 26.3 Å². The van der Waals surface area contributed by atoms with Crippen LogP contribution in [0.5, 0.6) is 0 Å². The third-order valence-electron chi connectivity index (χ3n) is 5.56. The Morgan fingerprint density at radius 3 is 2.53 bits per heavy atom. The lowest BCUT2D eigenvalue weighted by molar-refractivity contribution is -0.138. The maximum atomic E-state index is 13.0. The number of carbonyl (C=O) groups excluding carboxylic acids is 4. The van der Waals surface area contributed by atoms with Gasteiger partial charge in [0.05, 0.1) is 12.5 Å². The first-order chi connectivity index (χ1) is 16.2. The number of primary amides is 1. The van der Waals surface area contributed by atoms with E-state index in [0.717, 1.165) is 22.9 Å². The number of para-hydroxylation sites is 1. The number of carbonyl (C=O) groups is 5. The molecular formula is C22H28N6O6. The van der Waals surface area contributed by atoms with Crippen LogP contribution in [-0.2, 0) is 30.4 Å². The van der Waals surface area contributed by atoms with Crippen molar-refractivity contribution in [2.24, 2.45) is 5.73 Å². The van der Waals surface area contributed by atoms with Crippen molar-refractivity contribution in [1.82, 2.24) is 26.3 Å². The lowest BCUT2D eigenvalue weighted by Crippen LogP contribution is -2.57. The summed E-state index contributed by atoms with van der Waals surface area (Å²) in [4.78, 5) is 63.8. The average Bonchev–Trinajstić information content (AvgIpc) is 3.47. The molecule has 8 N–H and O–H groups in total. The van der Waals surface area contributed by atoms with Crippen LogP contribution in [-0.4, -0.2) is 70.9 Å². The van der Waals surface area contributed by atoms with Gasteiger partial charge in [0.1, 0.15) is 18.6 Å². The first-order valence-corrected chi connectivity index (χ1v) is 10.9. The summed E-state index contributed by atoms with van der Waals surface area (Å²) in [6.45, 7) is 0.0368. The molecule has 0 bridgehead atoms. The van der Waals surface area contributed by atoms with E-state index in [9.17, 15) is 24.0 Å². The average molecular weight is 473 g/mol. The minimum atomic E-state index is -1.29. The van der Waals surface area contributed by atoms with Crippen molar-refractivity contribution in [2.75, 3.05) is 13.1 Å². The number of carboxylic acid groups (broad SMARTS) is 1. The first-order valence-electron chi connectivity index (χ1n) is 10.9. The predicted molar refractivity (Wildman–Crippen MR) is 121 cm³/mol. The van der Waals surface area contributed by atoms with Gasteiger partial charge in [0.2, 0.25) is 23.6 Å². The Kier molecular flexibility index (Phi) is 8.19. The number of hydrogen-bond donors (Lipinski definition) is 7. The zero-order valence-electron chi connectivity index (χ0n) is 18.4. The molecule has 34 heavy (non-hydrogen) atoms. The van der Waals surface area contributed by atoms with Crippen molar-refractivity contribution in [3.05, 3.63) is 36.0 Å². The van der Waals surface area contributed by atoms with Crippen LogP contribution in [0, 0.1) is 0 Å². The van der Waals surface area contributed by atoms with Crippen LogP contribution in [0.15, 0.2) is 30.5 Å². The molecular weight excluding hydrogens is 444 g/mol. The molecule has 4 amide bonds. The van der Waals surface area contributed by atoms with Crippen LogP contribution in [0.4, 0.5) is 0 Å². The fourth-order valence-corrected chi connectivity index (χ4v) is 3.88. The van der Waals surface area contributed by atoms with Crippen molar-refractivity contribution in [3.8, 4) is 0 Å². The summed E-state index contributed by atoms with van der Waals surface area (Å²) in [5, 5.41) is 20.1. The summed E-state index contributed by atoms with van der Waals surface area (Å²) in [5.74, 6) is -3.98. The van der Waals surface area contributed by atoms with E-state index in [1.165, 1.54) is 0 Å². The molecule has 2 heterocycles. The van der Waals surface area contributed by atoms with E-state index in [4.69, 9.17) is 10.8 Å². The molecule has 2 aromatic rings. The molecule has 0 aliphatic carbocycles. The Hall–Kier alpha value is -3.93. The Balaban J connectivity index is 1.77. The number of fused-ring (bicyclic) bond motifs is 1. The first kappa shape index (κ1) is 24.7. The number of H-pyrrole nitrogens is 1. The summed E-state index contributed by atoms with van der Waals surface area (Å²) < 4.78 is 0. The molecule has 12 heteroatoms. The van der Waals surface area contributed by atoms with Gasteiger partial charge in [0.15, 0.2) is 0 Å². The van der Waals surface area contributed by atoms with Gasteiger partial charge in [-0.1, -0.05) is 18.2 Å². The molecule has 3 rings (SSSR count). The maximum absolute atomic E-state index is 13.0. The van der Waals surface area contributed by atoms with Crippen molar-refractivity contribution in [1.29, 1.82) is 0 Å². The molecule has 1 fully saturated rings. The Bertz CT molecular complexity index is 1080. The third kappa shape index (κ3) is 6.54. The molecule has 0 saturated carbocycles. The third-order valence-corrected chi connectivity index (χ3v) is 5.56. The highest BCUT2D eigenvalue weighted by Gasteiger charge is 2.31. The van der Waals surface area contributed by atoms with Gasteiger partial charge < -0.3 is 37.1 Å². The van der Waals surface area contributed by atoms with Gasteiger partial charge in [-0.15, -0.1) is 0 Å². The molecule has 1 aliphatic rings. The quantitative estimate of drug-likeness (QED) is 0.207. The second-order valence-corrected chi connectivity index (χ2v) is 8.12. The van der Waals surface area contributed by atoms with Crippen LogP contribution in [0.3, 0.4) is 0 Å². The number of amides is 4. The van der Waals surface area contributed by atoms with Crippen LogP contribution in [0.2, 0.25) is 0 Å². The van der Waals surface area contributed by atoms with E-state index in [1.807, 2.05) is 24.3 Å². The van der Waals surface area contributed by atoms with Crippen LogP contribution in [0.25, 0.3) is 10.9 Å². The molecule has 3 unspecified atom stereocenters. The lowest BCUT2D eigenvalue weighted by atomic mass is 10.0. The molecule has 182 valence electrons. The van der Waals surface area contributed by atoms with Crippen molar-refractivity contribution < 1.29 is 29.1 Å². The molecule has 0 radical (unpaired) electrons. The van der Waals surface area contributed by atoms with Gasteiger partial charge in [0.25, 0.3) is 0 Å². The fraction of sp³-hybridized carbons (Fsp3) is 0.409. The van der Waals surface area contributed by atoms with Crippen molar-refractivity contribution in [2.45, 2.75) is 43.8 Å². The van der Waals surface area contributed by atoms with E-state index in [-0.39, 0.29) is 6.42 Å². The number of rotatable bonds is 11. The summed E-state index contributed by atoms with van der Waals surface area (Å²) in [7, 11) is 0. The highest BCUT2D eigenvalue weighted by Crippen LogP contribution is 2.19. The summed E-state index contributed by atoms with van der Waals surface area (Å²) in [6.07, 6.45) is 2.69. The smallest absolute Gasteiger partial charge is 0.322 e. The summed E-state index contributed by atoms with van der Waals surface area (Å²) in [5.41, 5.74) is 6.82. The molecule has 0 spiro atoms. The van der Waals surface area contributed by atoms with Crippen molar-refractivity contribution in [3.63, 3.8) is 0 Å². The lowest BCUT2D eigenvalue weighted by Gasteiger charge is -2.23. The van der Waals surface area contributed by atoms with Gasteiger partial charge in [-0.25, -0.2) is 0 Å². The zero-order chi connectivity index (χ0) is 24.7. The Morgan fingerprint density at radius 2 is 1.85 bits per heavy atom. The van der Waals surface area contributed by atoms with E-state index >= 15 is 0 Å². The van der Waals surface area contributed by atoms with Gasteiger partial charge in [-0.3, -0.25) is 24.0 Å². The highest BCUT2D eigenvalue weighted by atomic mass is 16.4. The maximum Gasteiger partial charge on any atom is 0.322 e. The summed E-state index contributed by atoms with van der Waals surface area (Å²) >= 11 is 0. The summed E-state index contributed by atoms with van der Waals surface area (Å²) in [6, 6.07) is 4.44. The molecule has 1 aliphatic heterocycles. The normalized spacial score (nSPS) is 17.0. The van der Waals surface area contributed by atoms with E-state index in [0.29, 0.717) is 13.0 Å². The number of aromatic amines is 1. The van der Waals surface area contributed by atoms with Gasteiger partial charge in [-0.2, -0.15) is 0 Å². The van der Waals surface area contributed by atoms with Gasteiger partial charge in [0, 0.05) is 23.5 Å². The molecule has 1 saturated heterocycles. The number of carboxylic acids is 1. The predicted octanol–water partition coefficient (Wildman–Crippen LogP) is -1.49. The van der Waals surface area contributed by atoms with Crippen molar-refractivity contribution >= 4 is 40.5 Å². The second-order valence-electron chi connectivity index (χ2n) is 8.12. The topological polar surface area (TPSA) is 196 Å². The number of nitrogens with one attached hydrogen (secondary N) is 5. The van der Waals surface area contributed by atoms with Crippen LogP contribution in [0.1, 0.15) is 24.8 Å². The Labute approximate surface area is 195 Å². The number of aliphatic carboxylic acids is 1. The van der Waals surface area contributed by atoms with E-state index < -0.39 is 60.7 Å². The van der Waals surface area contributed by atoms with Gasteiger partial charge in [-0.05, 0) is 31.0 Å². The Morgan fingerprint density at radius 1 is 1.09 bits per heavy atom. The molecule has 1 aromatic heterocycles. The number of hydrogen-bond acceptors (Lipinski definition) is 6. The SMILES string of the molecule is NC(=O)CC(NC(=O)C1CCCN1)C(=O)NC(Cc1c[nH]c2ccccc12)C(=O)NCC(=O)O. The minimum Gasteiger partial charge on any atom is -0.480 e. The zero-order valence-corrected chi connectivity index (χ0v) is 18.4. The highest BCUT2D eigenvalue weighted by molar-refractivity contribution is 5.96. The largest absolute Gasteiger partial charge is 0.480 e. The molecule has 12 nitrogen and oxygen atoms in total. The number of aromatic nitrogens is 1. The van der Waals surface area contributed by atoms with Crippen LogP contribution >= 0.6 is 0 Å².